The third-order valence-corrected chi connectivity index (χ3v) is 3.32. The first-order valence-corrected chi connectivity index (χ1v) is 7.73. The molecule has 1 heterocycles. The molecular weight excluding hydrogens is 272 g/mol. The number of nitrogens with zero attached hydrogens (tertiary/aromatic N) is 1. The predicted molar refractivity (Wildman–Crippen MR) is 85.4 cm³/mol. The first-order chi connectivity index (χ1) is 9.31. The van der Waals surface area contributed by atoms with Gasteiger partial charge in [-0.25, -0.2) is 4.98 Å². The van der Waals surface area contributed by atoms with Crippen molar-refractivity contribution in [1.29, 1.82) is 0 Å². The van der Waals surface area contributed by atoms with E-state index in [1.165, 1.54) is 12.8 Å². The van der Waals surface area contributed by atoms with E-state index in [2.05, 4.69) is 44.9 Å². The first kappa shape index (κ1) is 17.3. The van der Waals surface area contributed by atoms with Crippen LogP contribution in [0.25, 0.3) is 0 Å². The molecule has 0 bridgehead atoms. The normalized spacial score (nSPS) is 13.3. The molecule has 0 saturated heterocycles. The quantitative estimate of drug-likeness (QED) is 0.808. The molecule has 0 aliphatic heterocycles. The molecule has 0 saturated carbocycles. The van der Waals surface area contributed by atoms with Crippen molar-refractivity contribution < 1.29 is 4.74 Å². The van der Waals surface area contributed by atoms with Crippen LogP contribution in [0.4, 0.5) is 0 Å². The van der Waals surface area contributed by atoms with E-state index in [0.717, 1.165) is 5.69 Å². The molecule has 20 heavy (non-hydrogen) atoms. The summed E-state index contributed by atoms with van der Waals surface area (Å²) >= 11 is 6.18. The van der Waals surface area contributed by atoms with Crippen LogP contribution in [-0.4, -0.2) is 17.1 Å². The molecule has 114 valence electrons. The monoisotopic (exact) mass is 298 g/mol. The Hall–Kier alpha value is -0.800. The summed E-state index contributed by atoms with van der Waals surface area (Å²) in [5.74, 6) is 1.21. The van der Waals surface area contributed by atoms with Crippen LogP contribution in [0.3, 0.4) is 0 Å². The molecule has 0 amide bonds. The minimum Gasteiger partial charge on any atom is -0.477 e. The summed E-state index contributed by atoms with van der Waals surface area (Å²) in [7, 11) is 0. The molecule has 1 aromatic heterocycles. The summed E-state index contributed by atoms with van der Waals surface area (Å²) in [6, 6.07) is 3.69. The summed E-state index contributed by atoms with van der Waals surface area (Å²) < 4.78 is 5.75. The van der Waals surface area contributed by atoms with Crippen molar-refractivity contribution in [3.63, 3.8) is 0 Å². The maximum atomic E-state index is 6.18. The maximum absolute atomic E-state index is 6.18. The summed E-state index contributed by atoms with van der Waals surface area (Å²) in [4.78, 5) is 4.49. The standard InChI is InChI=1S/C16H27ClN2O/c1-6-7-12(2)11-20-15-9-8-13(17)14(19-15)10-18-16(3,4)5/h8-9,12,18H,6-7,10-11H2,1-5H3. The Morgan fingerprint density at radius 1 is 1.35 bits per heavy atom. The van der Waals surface area contributed by atoms with Crippen LogP contribution >= 0.6 is 11.6 Å². The molecule has 0 radical (unpaired) electrons. The zero-order chi connectivity index (χ0) is 15.2. The Labute approximate surface area is 128 Å². The van der Waals surface area contributed by atoms with Gasteiger partial charge in [-0.05, 0) is 39.2 Å². The van der Waals surface area contributed by atoms with Gasteiger partial charge in [-0.15, -0.1) is 0 Å². The van der Waals surface area contributed by atoms with E-state index >= 15 is 0 Å². The van der Waals surface area contributed by atoms with Crippen LogP contribution < -0.4 is 10.1 Å². The van der Waals surface area contributed by atoms with Crippen LogP contribution in [-0.2, 0) is 6.54 Å². The Kier molecular flexibility index (Phi) is 6.77. The summed E-state index contributed by atoms with van der Waals surface area (Å²) in [6.07, 6.45) is 2.35. The lowest BCUT2D eigenvalue weighted by Gasteiger charge is -2.20. The van der Waals surface area contributed by atoms with Crippen LogP contribution in [0.5, 0.6) is 5.88 Å². The zero-order valence-electron chi connectivity index (χ0n) is 13.3. The zero-order valence-corrected chi connectivity index (χ0v) is 14.0. The molecule has 1 aromatic rings. The summed E-state index contributed by atoms with van der Waals surface area (Å²) in [5, 5.41) is 4.07. The summed E-state index contributed by atoms with van der Waals surface area (Å²) in [5.41, 5.74) is 0.875. The van der Waals surface area contributed by atoms with Gasteiger partial charge in [0, 0.05) is 18.2 Å². The number of halogens is 1. The number of nitrogens with one attached hydrogen (secondary N) is 1. The molecule has 0 aliphatic rings. The maximum Gasteiger partial charge on any atom is 0.213 e. The van der Waals surface area contributed by atoms with Gasteiger partial charge < -0.3 is 10.1 Å². The van der Waals surface area contributed by atoms with E-state index in [4.69, 9.17) is 16.3 Å². The SMILES string of the molecule is CCCC(C)COc1ccc(Cl)c(CNC(C)(C)C)n1. The van der Waals surface area contributed by atoms with Crippen LogP contribution in [0.1, 0.15) is 53.2 Å². The van der Waals surface area contributed by atoms with Crippen molar-refractivity contribution in [3.05, 3.63) is 22.8 Å². The lowest BCUT2D eigenvalue weighted by Crippen LogP contribution is -2.35. The van der Waals surface area contributed by atoms with Gasteiger partial charge >= 0.3 is 0 Å². The number of hydrogen-bond acceptors (Lipinski definition) is 3. The van der Waals surface area contributed by atoms with Crippen molar-refractivity contribution in [1.82, 2.24) is 10.3 Å². The number of aromatic nitrogens is 1. The third kappa shape index (κ3) is 6.58. The topological polar surface area (TPSA) is 34.1 Å². The average Bonchev–Trinajstić information content (AvgIpc) is 2.35. The van der Waals surface area contributed by atoms with E-state index in [1.54, 1.807) is 0 Å². The number of rotatable bonds is 7. The average molecular weight is 299 g/mol. The molecule has 1 unspecified atom stereocenters. The fraction of sp³-hybridized carbons (Fsp3) is 0.688. The van der Waals surface area contributed by atoms with Gasteiger partial charge in [0.15, 0.2) is 0 Å². The van der Waals surface area contributed by atoms with Gasteiger partial charge in [0.2, 0.25) is 5.88 Å². The van der Waals surface area contributed by atoms with Crippen molar-refractivity contribution >= 4 is 11.6 Å². The van der Waals surface area contributed by atoms with E-state index < -0.39 is 0 Å². The molecule has 1 rings (SSSR count). The smallest absolute Gasteiger partial charge is 0.213 e. The fourth-order valence-corrected chi connectivity index (χ4v) is 1.99. The highest BCUT2D eigenvalue weighted by Crippen LogP contribution is 2.19. The molecule has 0 aliphatic carbocycles. The number of hydrogen-bond donors (Lipinski definition) is 1. The highest BCUT2D eigenvalue weighted by molar-refractivity contribution is 6.31. The fourth-order valence-electron chi connectivity index (χ4n) is 1.82. The van der Waals surface area contributed by atoms with Gasteiger partial charge in [0.1, 0.15) is 0 Å². The van der Waals surface area contributed by atoms with Crippen LogP contribution in [0.2, 0.25) is 5.02 Å². The molecule has 4 heteroatoms. The second-order valence-corrected chi connectivity index (χ2v) is 6.79. The molecular formula is C16H27ClN2O. The van der Waals surface area contributed by atoms with Crippen LogP contribution in [0, 0.1) is 5.92 Å². The van der Waals surface area contributed by atoms with Crippen molar-refractivity contribution in [2.24, 2.45) is 5.92 Å². The van der Waals surface area contributed by atoms with Crippen LogP contribution in [0.15, 0.2) is 12.1 Å². The molecule has 1 N–H and O–H groups in total. The van der Waals surface area contributed by atoms with Gasteiger partial charge in [0.05, 0.1) is 17.3 Å². The Balaban J connectivity index is 2.61. The Bertz CT molecular complexity index is 415. The van der Waals surface area contributed by atoms with Crippen molar-refractivity contribution in [3.8, 4) is 5.88 Å². The van der Waals surface area contributed by atoms with E-state index in [1.807, 2.05) is 12.1 Å². The highest BCUT2D eigenvalue weighted by Gasteiger charge is 2.12. The number of pyridine rings is 1. The van der Waals surface area contributed by atoms with Gasteiger partial charge in [-0.2, -0.15) is 0 Å². The van der Waals surface area contributed by atoms with E-state index in [-0.39, 0.29) is 5.54 Å². The predicted octanol–water partition coefficient (Wildman–Crippen LogP) is 4.44. The largest absolute Gasteiger partial charge is 0.477 e. The molecule has 0 aromatic carbocycles. The molecule has 3 nitrogen and oxygen atoms in total. The minimum atomic E-state index is 0.0392. The van der Waals surface area contributed by atoms with Crippen molar-refractivity contribution in [2.45, 2.75) is 59.5 Å². The third-order valence-electron chi connectivity index (χ3n) is 2.98. The molecule has 1 atom stereocenters. The second kappa shape index (κ2) is 7.84. The molecule has 0 spiro atoms. The van der Waals surface area contributed by atoms with Gasteiger partial charge in [-0.1, -0.05) is 31.9 Å². The van der Waals surface area contributed by atoms with Gasteiger partial charge in [0.25, 0.3) is 0 Å². The summed E-state index contributed by atoms with van der Waals surface area (Å²) in [6.45, 7) is 12.1. The van der Waals surface area contributed by atoms with E-state index in [0.29, 0.717) is 30.0 Å². The van der Waals surface area contributed by atoms with Crippen molar-refractivity contribution in [2.75, 3.05) is 6.61 Å². The lowest BCUT2D eigenvalue weighted by atomic mass is 10.1. The first-order valence-electron chi connectivity index (χ1n) is 7.35. The second-order valence-electron chi connectivity index (χ2n) is 6.39. The van der Waals surface area contributed by atoms with Gasteiger partial charge in [-0.3, -0.25) is 0 Å². The Morgan fingerprint density at radius 2 is 2.05 bits per heavy atom. The molecule has 0 fully saturated rings. The van der Waals surface area contributed by atoms with E-state index in [9.17, 15) is 0 Å². The minimum absolute atomic E-state index is 0.0392. The number of ether oxygens (including phenoxy) is 1. The Morgan fingerprint density at radius 3 is 2.65 bits per heavy atom. The lowest BCUT2D eigenvalue weighted by molar-refractivity contribution is 0.242. The highest BCUT2D eigenvalue weighted by atomic mass is 35.5.